The number of ether oxygens (including phenoxy) is 2. The van der Waals surface area contributed by atoms with Crippen LogP contribution >= 0.6 is 0 Å². The van der Waals surface area contributed by atoms with Crippen molar-refractivity contribution in [1.82, 2.24) is 4.90 Å². The van der Waals surface area contributed by atoms with Gasteiger partial charge in [-0.1, -0.05) is 48.5 Å². The number of nitrogens with zero attached hydrogens (tertiary/aromatic N) is 1. The number of carbonyl (C=O) groups is 2. The first kappa shape index (κ1) is 18.9. The van der Waals surface area contributed by atoms with Crippen LogP contribution in [-0.2, 0) is 20.7 Å². The van der Waals surface area contributed by atoms with Gasteiger partial charge in [-0.15, -0.1) is 0 Å². The van der Waals surface area contributed by atoms with Gasteiger partial charge in [0.15, 0.2) is 6.61 Å². The average Bonchev–Trinajstić information content (AvgIpc) is 3.13. The van der Waals surface area contributed by atoms with Crippen LogP contribution in [0.4, 0.5) is 0 Å². The molecule has 0 spiro atoms. The Bertz CT molecular complexity index is 792. The maximum absolute atomic E-state index is 12.5. The minimum Gasteiger partial charge on any atom is -0.483 e. The first-order valence-electron chi connectivity index (χ1n) is 8.88. The van der Waals surface area contributed by atoms with Crippen molar-refractivity contribution in [3.05, 3.63) is 65.7 Å². The molecule has 0 bridgehead atoms. The molecular formula is C21H23NO5. The van der Waals surface area contributed by atoms with E-state index in [4.69, 9.17) is 9.47 Å². The van der Waals surface area contributed by atoms with Crippen molar-refractivity contribution in [2.45, 2.75) is 25.0 Å². The molecule has 0 aromatic heterocycles. The van der Waals surface area contributed by atoms with Crippen LogP contribution in [0.5, 0.6) is 5.75 Å². The van der Waals surface area contributed by atoms with Gasteiger partial charge in [0.25, 0.3) is 5.91 Å². The zero-order valence-electron chi connectivity index (χ0n) is 15.2. The number of para-hydroxylation sites is 1. The summed E-state index contributed by atoms with van der Waals surface area (Å²) in [6.45, 7) is 0.0628. The Morgan fingerprint density at radius 3 is 2.52 bits per heavy atom. The highest BCUT2D eigenvalue weighted by molar-refractivity contribution is 5.85. The molecule has 2 aromatic rings. The Kier molecular flexibility index (Phi) is 6.08. The monoisotopic (exact) mass is 369 g/mol. The fourth-order valence-electron chi connectivity index (χ4n) is 3.31. The number of rotatable bonds is 7. The summed E-state index contributed by atoms with van der Waals surface area (Å²) in [5, 5.41) is 9.35. The minimum absolute atomic E-state index is 0.202. The van der Waals surface area contributed by atoms with E-state index in [0.29, 0.717) is 18.6 Å². The molecule has 0 radical (unpaired) electrons. The van der Waals surface area contributed by atoms with Gasteiger partial charge in [-0.2, -0.15) is 0 Å². The number of carboxylic acid groups (broad SMARTS) is 1. The smallest absolute Gasteiger partial charge is 0.326 e. The SMILES string of the molecule is COC1CC(C(=O)O)N(C(=O)COc2ccccc2Cc2ccccc2)C1. The van der Waals surface area contributed by atoms with Crippen molar-refractivity contribution in [2.75, 3.05) is 20.3 Å². The number of hydrogen-bond donors (Lipinski definition) is 1. The number of methoxy groups -OCH3 is 1. The molecule has 1 heterocycles. The van der Waals surface area contributed by atoms with Gasteiger partial charge < -0.3 is 19.5 Å². The summed E-state index contributed by atoms with van der Waals surface area (Å²) in [7, 11) is 1.52. The first-order chi connectivity index (χ1) is 13.1. The fraction of sp³-hybridized carbons (Fsp3) is 0.333. The van der Waals surface area contributed by atoms with Crippen LogP contribution in [0.15, 0.2) is 54.6 Å². The third-order valence-corrected chi connectivity index (χ3v) is 4.76. The maximum Gasteiger partial charge on any atom is 0.326 e. The normalized spacial score (nSPS) is 19.1. The molecule has 27 heavy (non-hydrogen) atoms. The summed E-state index contributed by atoms with van der Waals surface area (Å²) in [4.78, 5) is 25.3. The van der Waals surface area contributed by atoms with Crippen LogP contribution in [0.25, 0.3) is 0 Å². The van der Waals surface area contributed by atoms with Gasteiger partial charge >= 0.3 is 5.97 Å². The Balaban J connectivity index is 1.66. The van der Waals surface area contributed by atoms with E-state index >= 15 is 0 Å². The molecule has 2 unspecified atom stereocenters. The summed E-state index contributed by atoms with van der Waals surface area (Å²) in [5.74, 6) is -0.743. The second-order valence-corrected chi connectivity index (χ2v) is 6.55. The van der Waals surface area contributed by atoms with E-state index in [2.05, 4.69) is 0 Å². The molecule has 1 N–H and O–H groups in total. The first-order valence-corrected chi connectivity index (χ1v) is 8.88. The van der Waals surface area contributed by atoms with Gasteiger partial charge in [0.05, 0.1) is 6.10 Å². The Labute approximate surface area is 158 Å². The van der Waals surface area contributed by atoms with Crippen LogP contribution < -0.4 is 4.74 Å². The molecule has 6 nitrogen and oxygen atoms in total. The van der Waals surface area contributed by atoms with Crippen molar-refractivity contribution in [3.8, 4) is 5.75 Å². The molecule has 2 atom stereocenters. The van der Waals surface area contributed by atoms with E-state index in [1.54, 1.807) is 0 Å². The van der Waals surface area contributed by atoms with Crippen LogP contribution in [-0.4, -0.2) is 54.3 Å². The standard InChI is InChI=1S/C21H23NO5/c1-26-17-12-18(21(24)25)22(13-17)20(23)14-27-19-10-6-5-9-16(19)11-15-7-3-2-4-8-15/h2-10,17-18H,11-14H2,1H3,(H,24,25). The molecule has 1 amide bonds. The maximum atomic E-state index is 12.5. The van der Waals surface area contributed by atoms with E-state index in [1.807, 2.05) is 54.6 Å². The fourth-order valence-corrected chi connectivity index (χ4v) is 3.31. The second kappa shape index (κ2) is 8.68. The zero-order chi connectivity index (χ0) is 19.2. The zero-order valence-corrected chi connectivity index (χ0v) is 15.2. The Morgan fingerprint density at radius 2 is 1.81 bits per heavy atom. The number of amides is 1. The molecule has 0 aliphatic carbocycles. The molecule has 1 aliphatic rings. The van der Waals surface area contributed by atoms with Crippen molar-refractivity contribution in [1.29, 1.82) is 0 Å². The number of hydrogen-bond acceptors (Lipinski definition) is 4. The third kappa shape index (κ3) is 4.65. The summed E-state index contributed by atoms with van der Waals surface area (Å²) < 4.78 is 11.0. The molecule has 1 aliphatic heterocycles. The van der Waals surface area contributed by atoms with Crippen LogP contribution in [0.2, 0.25) is 0 Å². The highest BCUT2D eigenvalue weighted by Crippen LogP contribution is 2.23. The van der Waals surface area contributed by atoms with Gasteiger partial charge in [-0.25, -0.2) is 4.79 Å². The van der Waals surface area contributed by atoms with E-state index in [-0.39, 0.29) is 25.2 Å². The second-order valence-electron chi connectivity index (χ2n) is 6.55. The minimum atomic E-state index is -1.02. The van der Waals surface area contributed by atoms with Gasteiger partial charge in [0.1, 0.15) is 11.8 Å². The molecule has 142 valence electrons. The van der Waals surface area contributed by atoms with E-state index in [0.717, 1.165) is 11.1 Å². The predicted octanol–water partition coefficient (Wildman–Crippen LogP) is 2.36. The quantitative estimate of drug-likeness (QED) is 0.811. The number of aliphatic carboxylic acids is 1. The van der Waals surface area contributed by atoms with E-state index < -0.39 is 12.0 Å². The number of benzene rings is 2. The highest BCUT2D eigenvalue weighted by atomic mass is 16.5. The number of likely N-dealkylation sites (tertiary alicyclic amines) is 1. The van der Waals surface area contributed by atoms with Gasteiger partial charge in [-0.3, -0.25) is 4.79 Å². The van der Waals surface area contributed by atoms with Gasteiger partial charge in [0, 0.05) is 26.5 Å². The van der Waals surface area contributed by atoms with Gasteiger partial charge in [-0.05, 0) is 17.2 Å². The molecule has 1 fully saturated rings. The van der Waals surface area contributed by atoms with E-state index in [1.165, 1.54) is 12.0 Å². The summed E-state index contributed by atoms with van der Waals surface area (Å²) >= 11 is 0. The summed E-state index contributed by atoms with van der Waals surface area (Å²) in [5.41, 5.74) is 2.12. The Hall–Kier alpha value is -2.86. The summed E-state index contributed by atoms with van der Waals surface area (Å²) in [6.07, 6.45) is 0.723. The third-order valence-electron chi connectivity index (χ3n) is 4.76. The lowest BCUT2D eigenvalue weighted by Crippen LogP contribution is -2.43. The average molecular weight is 369 g/mol. The van der Waals surface area contributed by atoms with Crippen LogP contribution in [0.3, 0.4) is 0 Å². The highest BCUT2D eigenvalue weighted by Gasteiger charge is 2.39. The largest absolute Gasteiger partial charge is 0.483 e. The molecule has 6 heteroatoms. The molecule has 0 saturated carbocycles. The van der Waals surface area contributed by atoms with Crippen molar-refractivity contribution in [2.24, 2.45) is 0 Å². The van der Waals surface area contributed by atoms with Crippen LogP contribution in [0.1, 0.15) is 17.5 Å². The number of carbonyl (C=O) groups excluding carboxylic acids is 1. The lowest BCUT2D eigenvalue weighted by Gasteiger charge is -2.21. The molecule has 2 aromatic carbocycles. The lowest BCUT2D eigenvalue weighted by atomic mass is 10.0. The van der Waals surface area contributed by atoms with E-state index in [9.17, 15) is 14.7 Å². The molecule has 3 rings (SSSR count). The Morgan fingerprint density at radius 1 is 1.11 bits per heavy atom. The summed E-state index contributed by atoms with van der Waals surface area (Å²) in [6, 6.07) is 16.7. The van der Waals surface area contributed by atoms with Crippen molar-refractivity contribution < 1.29 is 24.2 Å². The lowest BCUT2D eigenvalue weighted by molar-refractivity contribution is -0.149. The topological polar surface area (TPSA) is 76.1 Å². The van der Waals surface area contributed by atoms with Crippen molar-refractivity contribution in [3.63, 3.8) is 0 Å². The molecular weight excluding hydrogens is 346 g/mol. The van der Waals surface area contributed by atoms with Gasteiger partial charge in [0.2, 0.25) is 0 Å². The molecule has 1 saturated heterocycles. The van der Waals surface area contributed by atoms with Crippen molar-refractivity contribution >= 4 is 11.9 Å². The number of carboxylic acids is 1. The van der Waals surface area contributed by atoms with Crippen LogP contribution in [0, 0.1) is 0 Å². The predicted molar refractivity (Wildman–Crippen MR) is 99.7 cm³/mol.